The maximum atomic E-state index is 11.5. The number of rotatable bonds is 2. The third-order valence-corrected chi connectivity index (χ3v) is 1.61. The first-order chi connectivity index (χ1) is 6.78. The molecular formula is C9H9Cl2N2O2+. The fourth-order valence-corrected chi connectivity index (χ4v) is 1.21. The first kappa shape index (κ1) is 12.1. The van der Waals surface area contributed by atoms with Crippen LogP contribution in [0.25, 0.3) is 0 Å². The van der Waals surface area contributed by atoms with Gasteiger partial charge in [-0.3, -0.25) is 0 Å². The summed E-state index contributed by atoms with van der Waals surface area (Å²) >= 11 is 11.1. The number of nitrogens with zero attached hydrogens (tertiary/aromatic N) is 2. The molecule has 15 heavy (non-hydrogen) atoms. The van der Waals surface area contributed by atoms with Crippen LogP contribution >= 0.6 is 23.2 Å². The molecule has 0 bridgehead atoms. The molecule has 80 valence electrons. The Balaban J connectivity index is 2.92. The lowest BCUT2D eigenvalue weighted by atomic mass is 10.2. The highest BCUT2D eigenvalue weighted by Crippen LogP contribution is 2.14. The van der Waals surface area contributed by atoms with E-state index in [1.807, 2.05) is 0 Å². The fraction of sp³-hybridized carbons (Fsp3) is 0.333. The molecule has 4 nitrogen and oxygen atoms in total. The van der Waals surface area contributed by atoms with E-state index in [1.165, 1.54) is 6.07 Å². The summed E-state index contributed by atoms with van der Waals surface area (Å²) in [7, 11) is 0. The number of esters is 1. The van der Waals surface area contributed by atoms with Crippen molar-refractivity contribution in [2.45, 2.75) is 19.4 Å². The van der Waals surface area contributed by atoms with Crippen molar-refractivity contribution in [1.82, 2.24) is 9.97 Å². The van der Waals surface area contributed by atoms with Crippen LogP contribution in [0.3, 0.4) is 0 Å². The number of ether oxygens (including phenoxy) is 1. The molecular weight excluding hydrogens is 239 g/mol. The van der Waals surface area contributed by atoms with E-state index < -0.39 is 11.6 Å². The van der Waals surface area contributed by atoms with Crippen molar-refractivity contribution >= 4 is 29.2 Å². The molecule has 1 aromatic rings. The lowest BCUT2D eigenvalue weighted by molar-refractivity contribution is 0.0157. The second-order valence-corrected chi connectivity index (χ2v) is 4.22. The lowest BCUT2D eigenvalue weighted by Gasteiger charge is -2.12. The first-order valence-electron chi connectivity index (χ1n) is 4.07. The third-order valence-electron chi connectivity index (χ3n) is 1.25. The van der Waals surface area contributed by atoms with Crippen molar-refractivity contribution < 1.29 is 9.53 Å². The smallest absolute Gasteiger partial charge is 0.360 e. The van der Waals surface area contributed by atoms with Crippen LogP contribution in [0, 0.1) is 6.92 Å². The summed E-state index contributed by atoms with van der Waals surface area (Å²) in [4.78, 5) is 18.8. The molecule has 0 saturated carbocycles. The van der Waals surface area contributed by atoms with Crippen LogP contribution in [0.4, 0.5) is 0 Å². The molecule has 1 rings (SSSR count). The molecule has 0 aromatic carbocycles. The summed E-state index contributed by atoms with van der Waals surface area (Å²) < 4.78 is 4.98. The minimum Gasteiger partial charge on any atom is -0.414 e. The van der Waals surface area contributed by atoms with E-state index in [0.29, 0.717) is 0 Å². The molecule has 0 N–H and O–H groups in total. The molecule has 0 amide bonds. The van der Waals surface area contributed by atoms with Crippen molar-refractivity contribution in [2.75, 3.05) is 0 Å². The standard InChI is InChI=1S/C9H9Cl2N2O2/c1-9(2,3)15-7(14)5-4-6(10)13-8(11)12-5/h4H,1H2,2-3H3/q+1. The van der Waals surface area contributed by atoms with Gasteiger partial charge in [-0.25, -0.2) is 14.8 Å². The Morgan fingerprint density at radius 3 is 2.53 bits per heavy atom. The fourth-order valence-electron chi connectivity index (χ4n) is 0.798. The molecule has 0 aliphatic heterocycles. The first-order valence-corrected chi connectivity index (χ1v) is 4.82. The van der Waals surface area contributed by atoms with Crippen LogP contribution in [0.1, 0.15) is 24.3 Å². The van der Waals surface area contributed by atoms with E-state index in [4.69, 9.17) is 27.9 Å². The summed E-state index contributed by atoms with van der Waals surface area (Å²) in [5, 5.41) is -0.0138. The Kier molecular flexibility index (Phi) is 3.42. The highest BCUT2D eigenvalue weighted by molar-refractivity contribution is 6.32. The Bertz CT molecular complexity index is 368. The van der Waals surface area contributed by atoms with E-state index in [1.54, 1.807) is 13.8 Å². The van der Waals surface area contributed by atoms with E-state index in [2.05, 4.69) is 16.9 Å². The number of halogens is 2. The topological polar surface area (TPSA) is 52.1 Å². The van der Waals surface area contributed by atoms with Gasteiger partial charge in [-0.1, -0.05) is 11.6 Å². The number of hydrogen-bond acceptors (Lipinski definition) is 4. The summed E-state index contributed by atoms with van der Waals surface area (Å²) in [5.74, 6) is -0.638. The molecule has 1 aromatic heterocycles. The zero-order valence-electron chi connectivity index (χ0n) is 8.25. The molecule has 1 heterocycles. The van der Waals surface area contributed by atoms with Gasteiger partial charge >= 0.3 is 5.97 Å². The Labute approximate surface area is 97.6 Å². The largest absolute Gasteiger partial charge is 0.414 e. The maximum absolute atomic E-state index is 11.5. The van der Waals surface area contributed by atoms with Crippen LogP contribution in [0.5, 0.6) is 0 Å². The van der Waals surface area contributed by atoms with Crippen molar-refractivity contribution in [3.8, 4) is 0 Å². The summed E-state index contributed by atoms with van der Waals surface area (Å²) in [6.07, 6.45) is 0. The van der Waals surface area contributed by atoms with Gasteiger partial charge in [0.05, 0.1) is 0 Å². The van der Waals surface area contributed by atoms with E-state index in [-0.39, 0.29) is 16.1 Å². The van der Waals surface area contributed by atoms with E-state index >= 15 is 0 Å². The van der Waals surface area contributed by atoms with Crippen LogP contribution in [0.2, 0.25) is 10.4 Å². The average molecular weight is 248 g/mol. The van der Waals surface area contributed by atoms with Gasteiger partial charge < -0.3 is 4.74 Å². The van der Waals surface area contributed by atoms with Crippen molar-refractivity contribution in [1.29, 1.82) is 0 Å². The van der Waals surface area contributed by atoms with Gasteiger partial charge in [0.2, 0.25) is 10.9 Å². The van der Waals surface area contributed by atoms with Gasteiger partial charge in [0.25, 0.3) is 0 Å². The Hall–Kier alpha value is -1.000. The maximum Gasteiger partial charge on any atom is 0.360 e. The quantitative estimate of drug-likeness (QED) is 0.349. The molecule has 0 atom stereocenters. The van der Waals surface area contributed by atoms with Crippen LogP contribution < -0.4 is 0 Å². The summed E-state index contributed by atoms with van der Waals surface area (Å²) in [6.45, 7) is 6.92. The average Bonchev–Trinajstić information content (AvgIpc) is 1.98. The van der Waals surface area contributed by atoms with Crippen LogP contribution in [-0.4, -0.2) is 21.5 Å². The number of hydrogen-bond donors (Lipinski definition) is 0. The molecule has 6 heteroatoms. The minimum atomic E-state index is -0.832. The predicted molar refractivity (Wildman–Crippen MR) is 56.9 cm³/mol. The Morgan fingerprint density at radius 2 is 2.07 bits per heavy atom. The summed E-state index contributed by atoms with van der Waals surface area (Å²) in [6, 6.07) is 1.28. The van der Waals surface area contributed by atoms with Crippen molar-refractivity contribution in [3.63, 3.8) is 0 Å². The van der Waals surface area contributed by atoms with Crippen LogP contribution in [-0.2, 0) is 4.74 Å². The highest BCUT2D eigenvalue weighted by Gasteiger charge is 2.25. The van der Waals surface area contributed by atoms with Gasteiger partial charge in [0.15, 0.2) is 5.69 Å². The zero-order valence-corrected chi connectivity index (χ0v) is 9.76. The van der Waals surface area contributed by atoms with Crippen molar-refractivity contribution in [3.05, 3.63) is 29.1 Å². The summed E-state index contributed by atoms with van der Waals surface area (Å²) in [5.41, 5.74) is -0.821. The van der Waals surface area contributed by atoms with Crippen molar-refractivity contribution in [2.24, 2.45) is 0 Å². The number of carbonyl (C=O) groups excluding carboxylic acids is 1. The van der Waals surface area contributed by atoms with Crippen LogP contribution in [0.15, 0.2) is 6.07 Å². The minimum absolute atomic E-state index is 0.0109. The molecule has 0 saturated heterocycles. The molecule has 0 aliphatic carbocycles. The zero-order chi connectivity index (χ0) is 11.6. The van der Waals surface area contributed by atoms with Gasteiger partial charge in [0, 0.05) is 19.9 Å². The SMILES string of the molecule is [CH2+]C(C)(C)OC(=O)c1cc(Cl)nc(Cl)n1. The van der Waals surface area contributed by atoms with Gasteiger partial charge in [-0.05, 0) is 11.6 Å². The van der Waals surface area contributed by atoms with Gasteiger partial charge in [-0.2, -0.15) is 0 Å². The van der Waals surface area contributed by atoms with Gasteiger partial charge in [-0.15, -0.1) is 0 Å². The lowest BCUT2D eigenvalue weighted by Crippen LogP contribution is -2.25. The van der Waals surface area contributed by atoms with Gasteiger partial charge in [0.1, 0.15) is 12.1 Å². The third kappa shape index (κ3) is 3.93. The monoisotopic (exact) mass is 247 g/mol. The molecule has 0 radical (unpaired) electrons. The Morgan fingerprint density at radius 1 is 1.47 bits per heavy atom. The molecule has 0 aliphatic rings. The predicted octanol–water partition coefficient (Wildman–Crippen LogP) is 2.55. The number of aromatic nitrogens is 2. The second kappa shape index (κ2) is 4.24. The van der Waals surface area contributed by atoms with E-state index in [0.717, 1.165) is 0 Å². The number of carbonyl (C=O) groups is 1. The highest BCUT2D eigenvalue weighted by atomic mass is 35.5. The molecule has 0 fully saturated rings. The molecule has 0 spiro atoms. The van der Waals surface area contributed by atoms with E-state index in [9.17, 15) is 4.79 Å². The second-order valence-electron chi connectivity index (χ2n) is 3.49. The normalized spacial score (nSPS) is 11.2. The molecule has 0 unspecified atom stereocenters.